The summed E-state index contributed by atoms with van der Waals surface area (Å²) in [5.41, 5.74) is 8.23. The Morgan fingerprint density at radius 3 is 2.74 bits per heavy atom. The van der Waals surface area contributed by atoms with Crippen molar-refractivity contribution in [1.29, 1.82) is 0 Å². The minimum Gasteiger partial charge on any atom is -0.383 e. The zero-order valence-corrected chi connectivity index (χ0v) is 11.2. The van der Waals surface area contributed by atoms with E-state index in [4.69, 9.17) is 5.73 Å². The number of hydrogen-bond acceptors (Lipinski definition) is 4. The van der Waals surface area contributed by atoms with Gasteiger partial charge in [0.25, 0.3) is 0 Å². The molecule has 2 aromatic heterocycles. The molecule has 4 heteroatoms. The molecule has 0 amide bonds. The lowest BCUT2D eigenvalue weighted by molar-refractivity contribution is 0.521. The Hall–Kier alpha value is -1.94. The molecule has 0 fully saturated rings. The summed E-state index contributed by atoms with van der Waals surface area (Å²) in [5.74, 6) is 0.622. The standard InChI is InChI=1S/C15H20N4/c1-2-18-14(9-12-5-3-7-17-11-12)10-13-6-4-8-19-15(13)16/h3-8,11,14,18H,2,9-10H2,1H3,(H2,16,19). The summed E-state index contributed by atoms with van der Waals surface area (Å²) >= 11 is 0. The normalized spacial score (nSPS) is 12.3. The highest BCUT2D eigenvalue weighted by Crippen LogP contribution is 2.12. The van der Waals surface area contributed by atoms with E-state index in [0.717, 1.165) is 24.9 Å². The zero-order valence-electron chi connectivity index (χ0n) is 11.2. The lowest BCUT2D eigenvalue weighted by atomic mass is 10.0. The van der Waals surface area contributed by atoms with Crippen molar-refractivity contribution >= 4 is 5.82 Å². The largest absolute Gasteiger partial charge is 0.383 e. The van der Waals surface area contributed by atoms with E-state index in [2.05, 4.69) is 28.3 Å². The fourth-order valence-corrected chi connectivity index (χ4v) is 2.20. The van der Waals surface area contributed by atoms with Crippen molar-refractivity contribution in [2.45, 2.75) is 25.8 Å². The lowest BCUT2D eigenvalue weighted by Gasteiger charge is -2.18. The van der Waals surface area contributed by atoms with Crippen molar-refractivity contribution in [3.8, 4) is 0 Å². The Morgan fingerprint density at radius 2 is 2.05 bits per heavy atom. The van der Waals surface area contributed by atoms with Gasteiger partial charge in [-0.2, -0.15) is 0 Å². The first-order valence-corrected chi connectivity index (χ1v) is 6.61. The Labute approximate surface area is 114 Å². The van der Waals surface area contributed by atoms with E-state index in [9.17, 15) is 0 Å². The maximum atomic E-state index is 5.91. The van der Waals surface area contributed by atoms with E-state index < -0.39 is 0 Å². The van der Waals surface area contributed by atoms with Crippen molar-refractivity contribution in [1.82, 2.24) is 15.3 Å². The highest BCUT2D eigenvalue weighted by atomic mass is 14.9. The SMILES string of the molecule is CCNC(Cc1cccnc1)Cc1cccnc1N. The van der Waals surface area contributed by atoms with E-state index in [1.165, 1.54) is 5.56 Å². The number of aromatic nitrogens is 2. The fourth-order valence-electron chi connectivity index (χ4n) is 2.20. The highest BCUT2D eigenvalue weighted by molar-refractivity contribution is 5.39. The molecule has 2 heterocycles. The summed E-state index contributed by atoms with van der Waals surface area (Å²) in [7, 11) is 0. The van der Waals surface area contributed by atoms with Gasteiger partial charge in [-0.05, 0) is 42.6 Å². The Bertz CT molecular complexity index is 499. The predicted molar refractivity (Wildman–Crippen MR) is 77.8 cm³/mol. The first-order chi connectivity index (χ1) is 9.29. The smallest absolute Gasteiger partial charge is 0.126 e. The summed E-state index contributed by atoms with van der Waals surface area (Å²) in [6, 6.07) is 8.38. The second kappa shape index (κ2) is 6.85. The van der Waals surface area contributed by atoms with Crippen molar-refractivity contribution in [3.05, 3.63) is 54.0 Å². The Morgan fingerprint density at radius 1 is 1.21 bits per heavy atom. The molecular weight excluding hydrogens is 236 g/mol. The number of nitrogens with zero attached hydrogens (tertiary/aromatic N) is 2. The average Bonchev–Trinajstić information content (AvgIpc) is 2.43. The van der Waals surface area contributed by atoms with Gasteiger partial charge < -0.3 is 11.1 Å². The van der Waals surface area contributed by atoms with Crippen LogP contribution in [0.5, 0.6) is 0 Å². The number of nitrogens with two attached hydrogens (primary N) is 1. The third-order valence-electron chi connectivity index (χ3n) is 3.09. The maximum absolute atomic E-state index is 5.91. The molecule has 3 N–H and O–H groups in total. The molecule has 0 aromatic carbocycles. The quantitative estimate of drug-likeness (QED) is 0.827. The molecule has 0 radical (unpaired) electrons. The van der Waals surface area contributed by atoms with Gasteiger partial charge in [0.05, 0.1) is 0 Å². The van der Waals surface area contributed by atoms with Crippen molar-refractivity contribution in [3.63, 3.8) is 0 Å². The topological polar surface area (TPSA) is 63.8 Å². The molecule has 0 saturated carbocycles. The van der Waals surface area contributed by atoms with Gasteiger partial charge in [-0.25, -0.2) is 4.98 Å². The van der Waals surface area contributed by atoms with Crippen LogP contribution in [0.1, 0.15) is 18.1 Å². The minimum absolute atomic E-state index is 0.348. The van der Waals surface area contributed by atoms with Crippen LogP contribution in [0.2, 0.25) is 0 Å². The molecule has 1 unspecified atom stereocenters. The number of rotatable bonds is 6. The van der Waals surface area contributed by atoms with Crippen LogP contribution in [0.3, 0.4) is 0 Å². The molecule has 0 aliphatic rings. The summed E-state index contributed by atoms with van der Waals surface area (Å²) < 4.78 is 0. The van der Waals surface area contributed by atoms with Crippen LogP contribution < -0.4 is 11.1 Å². The molecule has 19 heavy (non-hydrogen) atoms. The molecule has 2 aromatic rings. The number of likely N-dealkylation sites (N-methyl/N-ethyl adjacent to an activating group) is 1. The summed E-state index contributed by atoms with van der Waals surface area (Å²) in [4.78, 5) is 8.29. The van der Waals surface area contributed by atoms with Gasteiger partial charge in [0.2, 0.25) is 0 Å². The zero-order chi connectivity index (χ0) is 13.5. The second-order valence-electron chi connectivity index (χ2n) is 4.57. The molecular formula is C15H20N4. The van der Waals surface area contributed by atoms with Gasteiger partial charge in [0.15, 0.2) is 0 Å². The van der Waals surface area contributed by atoms with Crippen molar-refractivity contribution < 1.29 is 0 Å². The van der Waals surface area contributed by atoms with Crippen molar-refractivity contribution in [2.75, 3.05) is 12.3 Å². The number of pyridine rings is 2. The van der Waals surface area contributed by atoms with Gasteiger partial charge in [-0.15, -0.1) is 0 Å². The van der Waals surface area contributed by atoms with Gasteiger partial charge in [0.1, 0.15) is 5.82 Å². The van der Waals surface area contributed by atoms with Crippen LogP contribution >= 0.6 is 0 Å². The van der Waals surface area contributed by atoms with Crippen LogP contribution in [0.25, 0.3) is 0 Å². The van der Waals surface area contributed by atoms with Gasteiger partial charge in [-0.1, -0.05) is 19.1 Å². The number of nitrogens with one attached hydrogen (secondary N) is 1. The van der Waals surface area contributed by atoms with E-state index in [-0.39, 0.29) is 0 Å². The first-order valence-electron chi connectivity index (χ1n) is 6.61. The number of hydrogen-bond donors (Lipinski definition) is 2. The second-order valence-corrected chi connectivity index (χ2v) is 4.57. The van der Waals surface area contributed by atoms with E-state index in [1.807, 2.05) is 24.4 Å². The average molecular weight is 256 g/mol. The van der Waals surface area contributed by atoms with Crippen LogP contribution in [-0.2, 0) is 12.8 Å². The third kappa shape index (κ3) is 4.03. The lowest BCUT2D eigenvalue weighted by Crippen LogP contribution is -2.33. The molecule has 100 valence electrons. The molecule has 0 aliphatic carbocycles. The molecule has 1 atom stereocenters. The Kier molecular flexibility index (Phi) is 4.86. The van der Waals surface area contributed by atoms with E-state index >= 15 is 0 Å². The first kappa shape index (κ1) is 13.5. The fraction of sp³-hybridized carbons (Fsp3) is 0.333. The molecule has 0 bridgehead atoms. The number of nitrogen functional groups attached to an aromatic ring is 1. The monoisotopic (exact) mass is 256 g/mol. The number of anilines is 1. The molecule has 0 saturated heterocycles. The van der Waals surface area contributed by atoms with Crippen LogP contribution in [0, 0.1) is 0 Å². The third-order valence-corrected chi connectivity index (χ3v) is 3.09. The van der Waals surface area contributed by atoms with E-state index in [0.29, 0.717) is 11.9 Å². The summed E-state index contributed by atoms with van der Waals surface area (Å²) in [5, 5.41) is 3.50. The minimum atomic E-state index is 0.348. The molecule has 4 nitrogen and oxygen atoms in total. The molecule has 0 aliphatic heterocycles. The van der Waals surface area contributed by atoms with Gasteiger partial charge in [0, 0.05) is 24.6 Å². The summed E-state index contributed by atoms with van der Waals surface area (Å²) in [6.45, 7) is 3.05. The predicted octanol–water partition coefficient (Wildman–Crippen LogP) is 1.82. The van der Waals surface area contributed by atoms with Gasteiger partial charge >= 0.3 is 0 Å². The van der Waals surface area contributed by atoms with Crippen molar-refractivity contribution in [2.24, 2.45) is 0 Å². The van der Waals surface area contributed by atoms with Crippen LogP contribution in [-0.4, -0.2) is 22.6 Å². The van der Waals surface area contributed by atoms with Gasteiger partial charge in [-0.3, -0.25) is 4.98 Å². The molecule has 2 rings (SSSR count). The maximum Gasteiger partial charge on any atom is 0.126 e. The van der Waals surface area contributed by atoms with Crippen LogP contribution in [0.4, 0.5) is 5.82 Å². The summed E-state index contributed by atoms with van der Waals surface area (Å²) in [6.07, 6.45) is 7.25. The highest BCUT2D eigenvalue weighted by Gasteiger charge is 2.11. The van der Waals surface area contributed by atoms with Crippen LogP contribution in [0.15, 0.2) is 42.9 Å². The van der Waals surface area contributed by atoms with E-state index in [1.54, 1.807) is 12.4 Å². The Balaban J connectivity index is 2.06. The molecule has 0 spiro atoms.